The first-order valence-electron chi connectivity index (χ1n) is 12.0. The van der Waals surface area contributed by atoms with E-state index in [0.29, 0.717) is 17.2 Å². The normalized spacial score (nSPS) is 14.7. The number of amides is 2. The molecular weight excluding hydrogens is 460 g/mol. The molecule has 1 aliphatic rings. The van der Waals surface area contributed by atoms with Gasteiger partial charge in [-0.2, -0.15) is 0 Å². The van der Waals surface area contributed by atoms with Crippen LogP contribution in [0.3, 0.4) is 0 Å². The smallest absolute Gasteiger partial charge is 0.248 e. The van der Waals surface area contributed by atoms with Gasteiger partial charge >= 0.3 is 0 Å². The summed E-state index contributed by atoms with van der Waals surface area (Å²) < 4.78 is 10.6. The number of benzene rings is 2. The van der Waals surface area contributed by atoms with E-state index >= 15 is 0 Å². The van der Waals surface area contributed by atoms with E-state index in [0.717, 1.165) is 36.1 Å². The van der Waals surface area contributed by atoms with Gasteiger partial charge in [0.05, 0.1) is 20.6 Å². The van der Waals surface area contributed by atoms with Crippen LogP contribution in [0.2, 0.25) is 0 Å². The lowest BCUT2D eigenvalue weighted by Gasteiger charge is -2.33. The average molecular weight is 493 g/mol. The molecule has 0 unspecified atom stereocenters. The van der Waals surface area contributed by atoms with Crippen LogP contribution in [-0.2, 0) is 16.0 Å². The number of thiophene rings is 1. The molecule has 1 heterocycles. The highest BCUT2D eigenvalue weighted by Gasteiger charge is 2.34. The maximum Gasteiger partial charge on any atom is 0.248 e. The van der Waals surface area contributed by atoms with Gasteiger partial charge in [0.1, 0.15) is 17.5 Å². The van der Waals surface area contributed by atoms with Crippen molar-refractivity contribution in [2.24, 2.45) is 0 Å². The second-order valence-corrected chi connectivity index (χ2v) is 9.77. The van der Waals surface area contributed by atoms with E-state index in [4.69, 9.17) is 9.47 Å². The summed E-state index contributed by atoms with van der Waals surface area (Å²) in [6.07, 6.45) is 5.56. The number of ether oxygens (including phenoxy) is 2. The topological polar surface area (TPSA) is 67.9 Å². The highest BCUT2D eigenvalue weighted by atomic mass is 32.1. The van der Waals surface area contributed by atoms with Gasteiger partial charge in [-0.05, 0) is 66.2 Å². The zero-order valence-electron chi connectivity index (χ0n) is 20.2. The summed E-state index contributed by atoms with van der Waals surface area (Å²) in [5.41, 5.74) is 1.38. The highest BCUT2D eigenvalue weighted by Crippen LogP contribution is 2.32. The predicted octanol–water partition coefficient (Wildman–Crippen LogP) is 5.53. The van der Waals surface area contributed by atoms with Gasteiger partial charge in [0.2, 0.25) is 11.8 Å². The molecule has 1 saturated carbocycles. The largest absolute Gasteiger partial charge is 0.497 e. The Morgan fingerprint density at radius 2 is 1.57 bits per heavy atom. The van der Waals surface area contributed by atoms with Gasteiger partial charge < -0.3 is 14.8 Å². The Balaban J connectivity index is 1.74. The number of hydrogen-bond acceptors (Lipinski definition) is 5. The summed E-state index contributed by atoms with van der Waals surface area (Å²) in [4.78, 5) is 30.2. The molecule has 1 aliphatic carbocycles. The average Bonchev–Trinajstić information content (AvgIpc) is 3.41. The van der Waals surface area contributed by atoms with Crippen molar-refractivity contribution in [3.8, 4) is 11.5 Å². The number of methoxy groups -OCH3 is 2. The van der Waals surface area contributed by atoms with E-state index in [2.05, 4.69) is 5.32 Å². The molecule has 1 aromatic heterocycles. The monoisotopic (exact) mass is 492 g/mol. The van der Waals surface area contributed by atoms with Crippen LogP contribution in [0.1, 0.15) is 48.6 Å². The lowest BCUT2D eigenvalue weighted by molar-refractivity contribution is -0.127. The second-order valence-electron chi connectivity index (χ2n) is 8.74. The van der Waals surface area contributed by atoms with Crippen molar-refractivity contribution in [2.75, 3.05) is 19.1 Å². The standard InChI is InChI=1S/C28H32N2O4S/c1-33-23-14-10-20(11-15-23)27(28(32)29-21-7-4-3-5-8-21)30(22-12-16-24(34-2)17-13-22)26(31)19-25-9-6-18-35-25/h6,9-18,21,27H,3-5,7-8,19H2,1-2H3,(H,29,32)/t27-/m0/s1. The van der Waals surface area contributed by atoms with Crippen LogP contribution in [0.4, 0.5) is 5.69 Å². The summed E-state index contributed by atoms with van der Waals surface area (Å²) in [6.45, 7) is 0. The van der Waals surface area contributed by atoms with Gasteiger partial charge in [0.25, 0.3) is 0 Å². The number of rotatable bonds is 9. The molecule has 1 N–H and O–H groups in total. The third-order valence-electron chi connectivity index (χ3n) is 6.41. The van der Waals surface area contributed by atoms with Crippen LogP contribution < -0.4 is 19.7 Å². The first-order valence-corrected chi connectivity index (χ1v) is 12.9. The van der Waals surface area contributed by atoms with Crippen LogP contribution >= 0.6 is 11.3 Å². The van der Waals surface area contributed by atoms with Crippen molar-refractivity contribution < 1.29 is 19.1 Å². The number of anilines is 1. The van der Waals surface area contributed by atoms with Crippen LogP contribution in [0.15, 0.2) is 66.0 Å². The zero-order valence-corrected chi connectivity index (χ0v) is 21.1. The zero-order chi connectivity index (χ0) is 24.6. The summed E-state index contributed by atoms with van der Waals surface area (Å²) >= 11 is 1.53. The van der Waals surface area contributed by atoms with Gasteiger partial charge in [0, 0.05) is 16.6 Å². The number of carbonyl (C=O) groups is 2. The molecule has 2 aromatic carbocycles. The molecule has 4 rings (SSSR count). The van der Waals surface area contributed by atoms with E-state index in [1.54, 1.807) is 19.1 Å². The van der Waals surface area contributed by atoms with Crippen LogP contribution in [0, 0.1) is 0 Å². The Morgan fingerprint density at radius 1 is 0.943 bits per heavy atom. The maximum absolute atomic E-state index is 13.9. The van der Waals surface area contributed by atoms with Gasteiger partial charge in [-0.15, -0.1) is 11.3 Å². The van der Waals surface area contributed by atoms with Crippen molar-refractivity contribution in [3.63, 3.8) is 0 Å². The Hall–Kier alpha value is -3.32. The fourth-order valence-corrected chi connectivity index (χ4v) is 5.25. The van der Waals surface area contributed by atoms with E-state index in [-0.39, 0.29) is 24.3 Å². The quantitative estimate of drug-likeness (QED) is 0.426. The molecule has 3 aromatic rings. The van der Waals surface area contributed by atoms with E-state index in [1.165, 1.54) is 17.8 Å². The molecule has 1 atom stereocenters. The number of carbonyl (C=O) groups excluding carboxylic acids is 2. The van der Waals surface area contributed by atoms with Crippen LogP contribution in [0.25, 0.3) is 0 Å². The molecule has 0 saturated heterocycles. The van der Waals surface area contributed by atoms with Crippen molar-refractivity contribution in [2.45, 2.75) is 50.6 Å². The first-order chi connectivity index (χ1) is 17.1. The van der Waals surface area contributed by atoms with Gasteiger partial charge in [-0.1, -0.05) is 37.5 Å². The van der Waals surface area contributed by atoms with E-state index in [1.807, 2.05) is 66.0 Å². The lowest BCUT2D eigenvalue weighted by atomic mass is 9.94. The SMILES string of the molecule is COc1ccc([C@@H](C(=O)NC2CCCCC2)N(C(=O)Cc2cccs2)c2ccc(OC)cc2)cc1. The molecule has 0 bridgehead atoms. The van der Waals surface area contributed by atoms with E-state index in [9.17, 15) is 9.59 Å². The van der Waals surface area contributed by atoms with E-state index < -0.39 is 6.04 Å². The Labute approximate surface area is 210 Å². The molecule has 184 valence electrons. The minimum atomic E-state index is -0.816. The molecule has 0 aliphatic heterocycles. The minimum Gasteiger partial charge on any atom is -0.497 e. The van der Waals surface area contributed by atoms with Crippen LogP contribution in [0.5, 0.6) is 11.5 Å². The molecule has 7 heteroatoms. The van der Waals surface area contributed by atoms with Crippen molar-refractivity contribution >= 4 is 28.8 Å². The predicted molar refractivity (Wildman–Crippen MR) is 139 cm³/mol. The maximum atomic E-state index is 13.9. The van der Waals surface area contributed by atoms with Crippen molar-refractivity contribution in [1.29, 1.82) is 0 Å². The second kappa shape index (κ2) is 11.9. The molecule has 35 heavy (non-hydrogen) atoms. The first kappa shape index (κ1) is 24.8. The third-order valence-corrected chi connectivity index (χ3v) is 7.29. The molecule has 0 spiro atoms. The van der Waals surface area contributed by atoms with Gasteiger partial charge in [-0.25, -0.2) is 0 Å². The Morgan fingerprint density at radius 3 is 2.14 bits per heavy atom. The minimum absolute atomic E-state index is 0.127. The van der Waals surface area contributed by atoms with Crippen molar-refractivity contribution in [3.05, 3.63) is 76.5 Å². The lowest BCUT2D eigenvalue weighted by Crippen LogP contribution is -2.47. The van der Waals surface area contributed by atoms with Crippen molar-refractivity contribution in [1.82, 2.24) is 5.32 Å². The summed E-state index contributed by atoms with van der Waals surface area (Å²) in [5, 5.41) is 5.20. The molecule has 0 radical (unpaired) electrons. The summed E-state index contributed by atoms with van der Waals surface area (Å²) in [6, 6.07) is 17.8. The number of nitrogens with zero attached hydrogens (tertiary/aromatic N) is 1. The third kappa shape index (κ3) is 6.22. The molecule has 2 amide bonds. The Kier molecular flexibility index (Phi) is 8.42. The Bertz CT molecular complexity index is 1090. The van der Waals surface area contributed by atoms with Gasteiger partial charge in [0.15, 0.2) is 0 Å². The molecular formula is C28H32N2O4S. The highest BCUT2D eigenvalue weighted by molar-refractivity contribution is 7.10. The number of nitrogens with one attached hydrogen (secondary N) is 1. The fraction of sp³-hybridized carbons (Fsp3) is 0.357. The summed E-state index contributed by atoms with van der Waals surface area (Å²) in [5.74, 6) is 1.07. The molecule has 1 fully saturated rings. The van der Waals surface area contributed by atoms with Gasteiger partial charge in [-0.3, -0.25) is 14.5 Å². The molecule has 6 nitrogen and oxygen atoms in total. The summed E-state index contributed by atoms with van der Waals surface area (Å²) in [7, 11) is 3.21. The van der Waals surface area contributed by atoms with Crippen LogP contribution in [-0.4, -0.2) is 32.1 Å². The fourth-order valence-electron chi connectivity index (χ4n) is 4.56. The number of hydrogen-bond donors (Lipinski definition) is 1.